The number of hydrogen-bond acceptors (Lipinski definition) is 9. The number of ketones is 1. The summed E-state index contributed by atoms with van der Waals surface area (Å²) in [6.45, 7) is 4.31. The molecular weight excluding hydrogens is 605 g/mol. The van der Waals surface area contributed by atoms with Crippen LogP contribution in [0.15, 0.2) is 74.7 Å². The molecule has 212 valence electrons. The molecule has 0 bridgehead atoms. The normalized spacial score (nSPS) is 15.2. The Hall–Kier alpha value is -3.31. The van der Waals surface area contributed by atoms with Gasteiger partial charge in [-0.1, -0.05) is 77.8 Å². The molecule has 1 N–H and O–H groups in total. The van der Waals surface area contributed by atoms with Gasteiger partial charge in [-0.3, -0.25) is 14.5 Å². The van der Waals surface area contributed by atoms with Gasteiger partial charge in [-0.15, -0.1) is 10.2 Å². The second-order valence-electron chi connectivity index (χ2n) is 9.23. The van der Waals surface area contributed by atoms with Crippen LogP contribution >= 0.6 is 46.3 Å². The lowest BCUT2D eigenvalue weighted by molar-refractivity contribution is -0.117. The van der Waals surface area contributed by atoms with Gasteiger partial charge in [0.2, 0.25) is 10.9 Å². The van der Waals surface area contributed by atoms with Gasteiger partial charge in [0.15, 0.2) is 15.9 Å². The zero-order chi connectivity index (χ0) is 29.1. The highest BCUT2D eigenvalue weighted by atomic mass is 35.5. The Morgan fingerprint density at radius 1 is 1.17 bits per heavy atom. The van der Waals surface area contributed by atoms with Gasteiger partial charge in [-0.05, 0) is 60.9 Å². The minimum atomic E-state index is -0.980. The fourth-order valence-electron chi connectivity index (χ4n) is 4.28. The molecule has 41 heavy (non-hydrogen) atoms. The summed E-state index contributed by atoms with van der Waals surface area (Å²) in [7, 11) is 0. The average molecular weight is 631 g/mol. The molecule has 2 aromatic heterocycles. The van der Waals surface area contributed by atoms with E-state index < -0.39 is 23.5 Å². The minimum Gasteiger partial charge on any atom is -0.503 e. The summed E-state index contributed by atoms with van der Waals surface area (Å²) in [5.74, 6) is -0.369. The Balaban J connectivity index is 1.49. The van der Waals surface area contributed by atoms with Crippen molar-refractivity contribution in [3.8, 4) is 5.75 Å². The predicted octanol–water partition coefficient (Wildman–Crippen LogP) is 8.00. The minimum absolute atomic E-state index is 0.0207. The monoisotopic (exact) mass is 629 g/mol. The van der Waals surface area contributed by atoms with Crippen LogP contribution in [0, 0.1) is 6.92 Å². The van der Waals surface area contributed by atoms with Gasteiger partial charge in [0, 0.05) is 15.8 Å². The SMILES string of the molecule is CCCCOc1cccc(C2C(C(=O)c3ccc(C)o3)=C(O)C(=O)N2c2nnc(SCc3ccc(Cl)cc3Cl)s2)c1. The summed E-state index contributed by atoms with van der Waals surface area (Å²) in [5, 5.41) is 20.9. The number of ether oxygens (including phenoxy) is 1. The molecule has 8 nitrogen and oxygen atoms in total. The molecule has 1 aliphatic heterocycles. The van der Waals surface area contributed by atoms with E-state index in [4.69, 9.17) is 32.4 Å². The number of halogens is 2. The van der Waals surface area contributed by atoms with E-state index in [1.807, 2.05) is 12.1 Å². The molecule has 0 radical (unpaired) electrons. The molecule has 0 saturated carbocycles. The lowest BCUT2D eigenvalue weighted by Gasteiger charge is -2.24. The standard InChI is InChI=1S/C29H25Cl2N3O5S2/c1-3-4-12-38-20-7-5-6-17(13-20)24-23(25(35)22-11-8-16(2)39-22)26(36)27(37)34(24)28-32-33-29(41-28)40-15-18-9-10-19(30)14-21(18)31/h5-11,13-14,24,36H,3-4,12,15H2,1-2H3. The van der Waals surface area contributed by atoms with Crippen LogP contribution in [-0.4, -0.2) is 33.6 Å². The zero-order valence-corrected chi connectivity index (χ0v) is 25.2. The predicted molar refractivity (Wildman–Crippen MR) is 160 cm³/mol. The summed E-state index contributed by atoms with van der Waals surface area (Å²) in [5.41, 5.74) is 1.33. The van der Waals surface area contributed by atoms with E-state index in [-0.39, 0.29) is 16.5 Å². The average Bonchev–Trinajstić information content (AvgIpc) is 3.66. The second kappa shape index (κ2) is 12.7. The van der Waals surface area contributed by atoms with Crippen LogP contribution < -0.4 is 9.64 Å². The topological polar surface area (TPSA) is 106 Å². The van der Waals surface area contributed by atoms with Crippen LogP contribution in [0.2, 0.25) is 10.0 Å². The van der Waals surface area contributed by atoms with Crippen molar-refractivity contribution >= 4 is 63.1 Å². The van der Waals surface area contributed by atoms with Gasteiger partial charge in [0.25, 0.3) is 5.91 Å². The highest BCUT2D eigenvalue weighted by molar-refractivity contribution is 8.00. The number of amides is 1. The Labute approximate surface area is 254 Å². The van der Waals surface area contributed by atoms with Gasteiger partial charge in [-0.25, -0.2) is 0 Å². The molecule has 12 heteroatoms. The number of rotatable bonds is 11. The lowest BCUT2D eigenvalue weighted by atomic mass is 9.95. The summed E-state index contributed by atoms with van der Waals surface area (Å²) in [6, 6.07) is 14.6. The maximum Gasteiger partial charge on any atom is 0.296 e. The lowest BCUT2D eigenvalue weighted by Crippen LogP contribution is -2.31. The fraction of sp³-hybridized carbons (Fsp3) is 0.241. The first-order chi connectivity index (χ1) is 19.8. The van der Waals surface area contributed by atoms with Gasteiger partial charge in [0.1, 0.15) is 11.5 Å². The van der Waals surface area contributed by atoms with Gasteiger partial charge in [0.05, 0.1) is 18.2 Å². The van der Waals surface area contributed by atoms with E-state index >= 15 is 0 Å². The van der Waals surface area contributed by atoms with Crippen molar-refractivity contribution in [2.75, 3.05) is 11.5 Å². The van der Waals surface area contributed by atoms with Gasteiger partial charge in [-0.2, -0.15) is 0 Å². The Bertz CT molecular complexity index is 1630. The number of anilines is 1. The summed E-state index contributed by atoms with van der Waals surface area (Å²) < 4.78 is 12.0. The summed E-state index contributed by atoms with van der Waals surface area (Å²) in [4.78, 5) is 28.4. The number of Topliss-reactive ketones (excluding diaryl/α,β-unsaturated/α-hetero) is 1. The maximum absolute atomic E-state index is 13.6. The number of aliphatic hydroxyl groups excluding tert-OH is 1. The first kappa shape index (κ1) is 29.2. The van der Waals surface area contributed by atoms with Crippen LogP contribution in [0.3, 0.4) is 0 Å². The molecule has 5 rings (SSSR count). The van der Waals surface area contributed by atoms with Crippen molar-refractivity contribution in [2.24, 2.45) is 0 Å². The van der Waals surface area contributed by atoms with Crippen LogP contribution in [0.1, 0.15) is 53.2 Å². The number of hydrogen-bond donors (Lipinski definition) is 1. The number of aliphatic hydroxyl groups is 1. The number of nitrogens with zero attached hydrogens (tertiary/aromatic N) is 3. The number of benzene rings is 2. The Morgan fingerprint density at radius 3 is 2.73 bits per heavy atom. The molecule has 1 unspecified atom stereocenters. The Kier molecular flexibility index (Phi) is 9.03. The van der Waals surface area contributed by atoms with E-state index in [9.17, 15) is 14.7 Å². The number of carbonyl (C=O) groups excluding carboxylic acids is 2. The van der Waals surface area contributed by atoms with Crippen LogP contribution in [0.25, 0.3) is 0 Å². The van der Waals surface area contributed by atoms with Crippen LogP contribution in [0.5, 0.6) is 5.75 Å². The molecule has 4 aromatic rings. The number of aromatic nitrogens is 2. The molecule has 1 amide bonds. The number of unbranched alkanes of at least 4 members (excludes halogenated alkanes) is 1. The molecule has 1 atom stereocenters. The molecule has 3 heterocycles. The summed E-state index contributed by atoms with van der Waals surface area (Å²) >= 11 is 14.9. The second-order valence-corrected chi connectivity index (χ2v) is 12.3. The molecule has 0 spiro atoms. The maximum atomic E-state index is 13.6. The third kappa shape index (κ3) is 6.30. The van der Waals surface area contributed by atoms with Crippen molar-refractivity contribution in [1.29, 1.82) is 0 Å². The van der Waals surface area contributed by atoms with Crippen LogP contribution in [-0.2, 0) is 10.5 Å². The number of thioether (sulfide) groups is 1. The number of carbonyl (C=O) groups is 2. The van der Waals surface area contributed by atoms with Crippen molar-refractivity contribution in [1.82, 2.24) is 10.2 Å². The largest absolute Gasteiger partial charge is 0.503 e. The molecule has 0 aliphatic carbocycles. The first-order valence-corrected chi connectivity index (χ1v) is 15.3. The van der Waals surface area contributed by atoms with E-state index in [1.54, 1.807) is 43.3 Å². The molecule has 2 aromatic carbocycles. The zero-order valence-electron chi connectivity index (χ0n) is 22.1. The molecule has 0 saturated heterocycles. The smallest absolute Gasteiger partial charge is 0.296 e. The van der Waals surface area contributed by atoms with Gasteiger partial charge < -0.3 is 14.3 Å². The quantitative estimate of drug-likeness (QED) is 0.0769. The highest BCUT2D eigenvalue weighted by Gasteiger charge is 2.46. The fourth-order valence-corrected chi connectivity index (χ4v) is 6.71. The molecular formula is C29H25Cl2N3O5S2. The third-order valence-electron chi connectivity index (χ3n) is 6.33. The van der Waals surface area contributed by atoms with E-state index in [0.717, 1.165) is 18.4 Å². The summed E-state index contributed by atoms with van der Waals surface area (Å²) in [6.07, 6.45) is 1.86. The van der Waals surface area contributed by atoms with E-state index in [2.05, 4.69) is 17.1 Å². The van der Waals surface area contributed by atoms with E-state index in [0.29, 0.717) is 43.8 Å². The molecule has 1 aliphatic rings. The van der Waals surface area contributed by atoms with Gasteiger partial charge >= 0.3 is 0 Å². The molecule has 0 fully saturated rings. The first-order valence-electron chi connectivity index (χ1n) is 12.8. The van der Waals surface area contributed by atoms with Crippen molar-refractivity contribution in [3.63, 3.8) is 0 Å². The van der Waals surface area contributed by atoms with E-state index in [1.165, 1.54) is 34.1 Å². The Morgan fingerprint density at radius 2 is 2.00 bits per heavy atom. The number of aryl methyl sites for hydroxylation is 1. The van der Waals surface area contributed by atoms with Crippen molar-refractivity contribution in [3.05, 3.63) is 98.6 Å². The number of furan rings is 1. The highest BCUT2D eigenvalue weighted by Crippen LogP contribution is 2.44. The third-order valence-corrected chi connectivity index (χ3v) is 9.02. The van der Waals surface area contributed by atoms with Crippen molar-refractivity contribution < 1.29 is 23.8 Å². The van der Waals surface area contributed by atoms with Crippen molar-refractivity contribution in [2.45, 2.75) is 42.8 Å². The van der Waals surface area contributed by atoms with Crippen LogP contribution in [0.4, 0.5) is 5.13 Å².